The fourth-order valence-electron chi connectivity index (χ4n) is 3.83. The average Bonchev–Trinajstić information content (AvgIpc) is 2.93. The van der Waals surface area contributed by atoms with Crippen LogP contribution in [-0.4, -0.2) is 23.6 Å². The molecular weight excluding hydrogens is 364 g/mol. The van der Waals surface area contributed by atoms with Gasteiger partial charge in [-0.1, -0.05) is 48.5 Å². The minimum Gasteiger partial charge on any atom is -0.465 e. The summed E-state index contributed by atoms with van der Waals surface area (Å²) in [5.41, 5.74) is 12.2. The molecule has 1 amide bonds. The lowest BCUT2D eigenvalue weighted by Crippen LogP contribution is -2.15. The Hall–Kier alpha value is -3.34. The molecule has 150 valence electrons. The monoisotopic (exact) mass is 390 g/mol. The molecule has 0 aliphatic heterocycles. The Morgan fingerprint density at radius 1 is 0.931 bits per heavy atom. The van der Waals surface area contributed by atoms with Gasteiger partial charge in [0, 0.05) is 24.4 Å². The quantitative estimate of drug-likeness (QED) is 0.627. The number of ether oxygens (including phenoxy) is 1. The molecule has 0 saturated heterocycles. The van der Waals surface area contributed by atoms with Gasteiger partial charge in [-0.3, -0.25) is 4.79 Å². The van der Waals surface area contributed by atoms with Crippen molar-refractivity contribution in [2.24, 2.45) is 5.73 Å². The van der Waals surface area contributed by atoms with Gasteiger partial charge in [-0.25, -0.2) is 4.79 Å². The summed E-state index contributed by atoms with van der Waals surface area (Å²) in [6.07, 6.45) is 0.701. The van der Waals surface area contributed by atoms with E-state index in [9.17, 15) is 9.59 Å². The van der Waals surface area contributed by atoms with Crippen LogP contribution in [0.1, 0.15) is 44.0 Å². The number of primary amides is 1. The molecule has 0 fully saturated rings. The molecule has 1 aromatic heterocycles. The molecule has 2 aromatic carbocycles. The highest BCUT2D eigenvalue weighted by Crippen LogP contribution is 2.28. The normalized spacial score (nSPS) is 10.7. The Balaban J connectivity index is 2.07. The lowest BCUT2D eigenvalue weighted by atomic mass is 9.95. The molecule has 0 aliphatic rings. The molecule has 5 nitrogen and oxygen atoms in total. The molecule has 3 rings (SSSR count). The van der Waals surface area contributed by atoms with Crippen LogP contribution in [0, 0.1) is 13.8 Å². The van der Waals surface area contributed by atoms with Gasteiger partial charge >= 0.3 is 5.97 Å². The summed E-state index contributed by atoms with van der Waals surface area (Å²) >= 11 is 0. The van der Waals surface area contributed by atoms with Crippen molar-refractivity contribution in [3.05, 3.63) is 93.8 Å². The number of hydrogen-bond donors (Lipinski definition) is 1. The van der Waals surface area contributed by atoms with Crippen LogP contribution < -0.4 is 5.73 Å². The van der Waals surface area contributed by atoms with E-state index in [-0.39, 0.29) is 18.3 Å². The average molecular weight is 390 g/mol. The van der Waals surface area contributed by atoms with Gasteiger partial charge in [0.1, 0.15) is 0 Å². The van der Waals surface area contributed by atoms with Crippen LogP contribution in [0.15, 0.2) is 54.6 Å². The third-order valence-electron chi connectivity index (χ3n) is 5.37. The lowest BCUT2D eigenvalue weighted by Gasteiger charge is -2.11. The molecule has 5 heteroatoms. The molecule has 0 radical (unpaired) electrons. The number of benzene rings is 2. The summed E-state index contributed by atoms with van der Waals surface area (Å²) in [5.74, 6) is -0.734. The second-order valence-corrected chi connectivity index (χ2v) is 7.17. The zero-order valence-electron chi connectivity index (χ0n) is 17.1. The topological polar surface area (TPSA) is 74.3 Å². The maximum atomic E-state index is 12.2. The zero-order valence-corrected chi connectivity index (χ0v) is 17.1. The number of carbonyl (C=O) groups is 2. The van der Waals surface area contributed by atoms with E-state index in [0.717, 1.165) is 28.1 Å². The summed E-state index contributed by atoms with van der Waals surface area (Å²) in [6.45, 7) is 4.78. The van der Waals surface area contributed by atoms with E-state index in [0.29, 0.717) is 18.5 Å². The molecular formula is C24H26N2O3. The Morgan fingerprint density at radius 2 is 1.55 bits per heavy atom. The van der Waals surface area contributed by atoms with Crippen molar-refractivity contribution in [3.8, 4) is 0 Å². The summed E-state index contributed by atoms with van der Waals surface area (Å²) in [6, 6.07) is 17.6. The van der Waals surface area contributed by atoms with E-state index in [1.807, 2.05) is 43.3 Å². The standard InChI is InChI=1S/C24H26N2O3/c1-16-21(13-19-11-7-8-12-20(19)24(28)29-3)22(14-23(25)27)17(2)26(16)15-18-9-5-4-6-10-18/h4-12H,13-15H2,1-3H3,(H2,25,27). The van der Waals surface area contributed by atoms with E-state index in [1.165, 1.54) is 12.7 Å². The number of hydrogen-bond acceptors (Lipinski definition) is 3. The van der Waals surface area contributed by atoms with Crippen molar-refractivity contribution in [1.29, 1.82) is 0 Å². The summed E-state index contributed by atoms with van der Waals surface area (Å²) in [7, 11) is 1.38. The van der Waals surface area contributed by atoms with Gasteiger partial charge in [-0.05, 0) is 42.2 Å². The largest absolute Gasteiger partial charge is 0.465 e. The van der Waals surface area contributed by atoms with Gasteiger partial charge in [0.2, 0.25) is 5.91 Å². The number of rotatable bonds is 7. The Morgan fingerprint density at radius 3 is 2.21 bits per heavy atom. The van der Waals surface area contributed by atoms with Gasteiger partial charge in [0.25, 0.3) is 0 Å². The second-order valence-electron chi connectivity index (χ2n) is 7.17. The van der Waals surface area contributed by atoms with Crippen LogP contribution in [0.2, 0.25) is 0 Å². The first-order valence-corrected chi connectivity index (χ1v) is 9.58. The smallest absolute Gasteiger partial charge is 0.338 e. The van der Waals surface area contributed by atoms with Crippen molar-refractivity contribution >= 4 is 11.9 Å². The number of esters is 1. The molecule has 3 aromatic rings. The molecule has 0 saturated carbocycles. The van der Waals surface area contributed by atoms with E-state index in [2.05, 4.69) is 23.6 Å². The summed E-state index contributed by atoms with van der Waals surface area (Å²) in [5, 5.41) is 0. The van der Waals surface area contributed by atoms with Gasteiger partial charge in [0.15, 0.2) is 0 Å². The van der Waals surface area contributed by atoms with E-state index in [4.69, 9.17) is 10.5 Å². The molecule has 0 bridgehead atoms. The molecule has 2 N–H and O–H groups in total. The van der Waals surface area contributed by atoms with E-state index in [1.54, 1.807) is 6.07 Å². The van der Waals surface area contributed by atoms with Crippen molar-refractivity contribution in [3.63, 3.8) is 0 Å². The number of methoxy groups -OCH3 is 1. The summed E-state index contributed by atoms with van der Waals surface area (Å²) < 4.78 is 7.14. The van der Waals surface area contributed by atoms with E-state index >= 15 is 0 Å². The fourth-order valence-corrected chi connectivity index (χ4v) is 3.83. The predicted octanol–water partition coefficient (Wildman–Crippen LogP) is 3.56. The Labute approximate surface area is 171 Å². The third-order valence-corrected chi connectivity index (χ3v) is 5.37. The maximum Gasteiger partial charge on any atom is 0.338 e. The number of nitrogens with zero attached hydrogens (tertiary/aromatic N) is 1. The minimum atomic E-state index is -0.368. The molecule has 0 unspecified atom stereocenters. The number of nitrogens with two attached hydrogens (primary N) is 1. The molecule has 0 spiro atoms. The zero-order chi connectivity index (χ0) is 21.0. The Bertz CT molecular complexity index is 1040. The van der Waals surface area contributed by atoms with Gasteiger partial charge in [0.05, 0.1) is 19.1 Å². The highest BCUT2D eigenvalue weighted by Gasteiger charge is 2.21. The SMILES string of the molecule is COC(=O)c1ccccc1Cc1c(CC(N)=O)c(C)n(Cc2ccccc2)c1C. The maximum absolute atomic E-state index is 12.2. The second kappa shape index (κ2) is 8.78. The summed E-state index contributed by atoms with van der Waals surface area (Å²) in [4.78, 5) is 23.9. The van der Waals surface area contributed by atoms with Gasteiger partial charge in [-0.2, -0.15) is 0 Å². The Kier molecular flexibility index (Phi) is 6.17. The van der Waals surface area contributed by atoms with Crippen molar-refractivity contribution in [1.82, 2.24) is 4.57 Å². The lowest BCUT2D eigenvalue weighted by molar-refractivity contribution is -0.117. The van der Waals surface area contributed by atoms with Crippen LogP contribution in [0.4, 0.5) is 0 Å². The molecule has 0 aliphatic carbocycles. The number of aromatic nitrogens is 1. The molecule has 0 atom stereocenters. The van der Waals surface area contributed by atoms with Crippen LogP contribution in [0.3, 0.4) is 0 Å². The van der Waals surface area contributed by atoms with Crippen LogP contribution in [-0.2, 0) is 28.9 Å². The highest BCUT2D eigenvalue weighted by atomic mass is 16.5. The van der Waals surface area contributed by atoms with Crippen LogP contribution in [0.25, 0.3) is 0 Å². The van der Waals surface area contributed by atoms with Crippen LogP contribution in [0.5, 0.6) is 0 Å². The van der Waals surface area contributed by atoms with Gasteiger partial charge in [-0.15, -0.1) is 0 Å². The number of carbonyl (C=O) groups excluding carboxylic acids is 2. The third kappa shape index (κ3) is 4.40. The highest BCUT2D eigenvalue weighted by molar-refractivity contribution is 5.91. The fraction of sp³-hybridized carbons (Fsp3) is 0.250. The predicted molar refractivity (Wildman–Crippen MR) is 113 cm³/mol. The first-order chi connectivity index (χ1) is 13.9. The van der Waals surface area contributed by atoms with Crippen molar-refractivity contribution in [2.45, 2.75) is 33.2 Å². The van der Waals surface area contributed by atoms with E-state index < -0.39 is 0 Å². The first kappa shape index (κ1) is 20.4. The van der Waals surface area contributed by atoms with Gasteiger partial charge < -0.3 is 15.0 Å². The minimum absolute atomic E-state index is 0.171. The van der Waals surface area contributed by atoms with Crippen LogP contribution >= 0.6 is 0 Å². The molecule has 1 heterocycles. The first-order valence-electron chi connectivity index (χ1n) is 9.58. The van der Waals surface area contributed by atoms with Crippen molar-refractivity contribution in [2.75, 3.05) is 7.11 Å². The number of amides is 1. The van der Waals surface area contributed by atoms with Crippen molar-refractivity contribution < 1.29 is 14.3 Å². The molecule has 29 heavy (non-hydrogen) atoms.